The number of ether oxygens (including phenoxy) is 2. The third-order valence-electron chi connectivity index (χ3n) is 3.76. The number of anilines is 1. The largest absolute Gasteiger partial charge is 0.491 e. The minimum Gasteiger partial charge on any atom is -0.491 e. The summed E-state index contributed by atoms with van der Waals surface area (Å²) in [5.74, 6) is -1.75. The number of benzene rings is 2. The zero-order valence-electron chi connectivity index (χ0n) is 12.9. The van der Waals surface area contributed by atoms with Crippen LogP contribution in [-0.4, -0.2) is 25.2 Å². The van der Waals surface area contributed by atoms with Crippen LogP contribution in [0.25, 0.3) is 0 Å². The number of para-hydroxylation sites is 1. The number of hydrogen-bond donors (Lipinski definition) is 1. The van der Waals surface area contributed by atoms with Gasteiger partial charge in [0.15, 0.2) is 0 Å². The van der Waals surface area contributed by atoms with Gasteiger partial charge in [-0.3, -0.25) is 4.79 Å². The molecule has 1 amide bonds. The van der Waals surface area contributed by atoms with Gasteiger partial charge < -0.3 is 14.8 Å². The predicted molar refractivity (Wildman–Crippen MR) is 85.2 cm³/mol. The van der Waals surface area contributed by atoms with Gasteiger partial charge in [-0.15, -0.1) is 0 Å². The van der Waals surface area contributed by atoms with Gasteiger partial charge in [-0.25, -0.2) is 8.78 Å². The first-order valence-electron chi connectivity index (χ1n) is 7.73. The Morgan fingerprint density at radius 3 is 2.67 bits per heavy atom. The second kappa shape index (κ2) is 7.40. The van der Waals surface area contributed by atoms with Crippen molar-refractivity contribution in [2.75, 3.05) is 18.5 Å². The van der Waals surface area contributed by atoms with Crippen LogP contribution < -0.4 is 10.1 Å². The quantitative estimate of drug-likeness (QED) is 0.906. The SMILES string of the molecule is O=C(Nc1c(F)cccc1F)c1cccc(OCC2CCCO2)c1. The van der Waals surface area contributed by atoms with Gasteiger partial charge in [0.05, 0.1) is 6.10 Å². The molecule has 0 saturated carbocycles. The number of halogens is 2. The molecule has 2 aromatic rings. The second-order valence-electron chi connectivity index (χ2n) is 5.52. The van der Waals surface area contributed by atoms with Crippen molar-refractivity contribution in [1.82, 2.24) is 0 Å². The molecule has 1 aliphatic heterocycles. The van der Waals surface area contributed by atoms with Crippen molar-refractivity contribution < 1.29 is 23.0 Å². The summed E-state index contributed by atoms with van der Waals surface area (Å²) >= 11 is 0. The van der Waals surface area contributed by atoms with Gasteiger partial charge in [0.1, 0.15) is 29.7 Å². The molecule has 0 aromatic heterocycles. The van der Waals surface area contributed by atoms with Crippen LogP contribution in [0.2, 0.25) is 0 Å². The van der Waals surface area contributed by atoms with Gasteiger partial charge in [-0.05, 0) is 43.2 Å². The van der Waals surface area contributed by atoms with Crippen molar-refractivity contribution in [2.24, 2.45) is 0 Å². The number of amides is 1. The summed E-state index contributed by atoms with van der Waals surface area (Å²) in [5.41, 5.74) is -0.212. The van der Waals surface area contributed by atoms with E-state index in [1.54, 1.807) is 18.2 Å². The summed E-state index contributed by atoms with van der Waals surface area (Å²) in [7, 11) is 0. The zero-order chi connectivity index (χ0) is 16.9. The summed E-state index contributed by atoms with van der Waals surface area (Å²) in [6.45, 7) is 1.15. The van der Waals surface area contributed by atoms with Gasteiger partial charge in [0.25, 0.3) is 5.91 Å². The minimum absolute atomic E-state index is 0.0648. The highest BCUT2D eigenvalue weighted by Gasteiger charge is 2.17. The van der Waals surface area contributed by atoms with E-state index in [1.807, 2.05) is 0 Å². The highest BCUT2D eigenvalue weighted by atomic mass is 19.1. The molecule has 1 aliphatic rings. The van der Waals surface area contributed by atoms with Crippen LogP contribution in [0.4, 0.5) is 14.5 Å². The lowest BCUT2D eigenvalue weighted by molar-refractivity contribution is 0.0679. The van der Waals surface area contributed by atoms with Crippen LogP contribution in [0.5, 0.6) is 5.75 Å². The van der Waals surface area contributed by atoms with Crippen LogP contribution in [0.3, 0.4) is 0 Å². The smallest absolute Gasteiger partial charge is 0.255 e. The Hall–Kier alpha value is -2.47. The van der Waals surface area contributed by atoms with E-state index in [1.165, 1.54) is 12.1 Å². The number of carbonyl (C=O) groups excluding carboxylic acids is 1. The number of hydrogen-bond acceptors (Lipinski definition) is 3. The summed E-state index contributed by atoms with van der Waals surface area (Å²) in [6, 6.07) is 9.85. The van der Waals surface area contributed by atoms with E-state index in [4.69, 9.17) is 9.47 Å². The topological polar surface area (TPSA) is 47.6 Å². The Morgan fingerprint density at radius 2 is 1.96 bits per heavy atom. The monoisotopic (exact) mass is 333 g/mol. The third kappa shape index (κ3) is 3.89. The maximum Gasteiger partial charge on any atom is 0.255 e. The maximum atomic E-state index is 13.6. The van der Waals surface area contributed by atoms with Crippen LogP contribution in [0.1, 0.15) is 23.2 Å². The van der Waals surface area contributed by atoms with Crippen molar-refractivity contribution >= 4 is 11.6 Å². The predicted octanol–water partition coefficient (Wildman–Crippen LogP) is 3.77. The third-order valence-corrected chi connectivity index (χ3v) is 3.76. The summed E-state index contributed by atoms with van der Waals surface area (Å²) in [4.78, 5) is 12.2. The molecule has 126 valence electrons. The van der Waals surface area contributed by atoms with Crippen LogP contribution in [0, 0.1) is 11.6 Å². The fourth-order valence-electron chi connectivity index (χ4n) is 2.50. The molecule has 1 N–H and O–H groups in total. The Balaban J connectivity index is 1.67. The van der Waals surface area contributed by atoms with Crippen molar-refractivity contribution in [3.05, 3.63) is 59.7 Å². The van der Waals surface area contributed by atoms with Gasteiger partial charge in [-0.1, -0.05) is 12.1 Å². The second-order valence-corrected chi connectivity index (χ2v) is 5.52. The molecule has 1 fully saturated rings. The first-order chi connectivity index (χ1) is 11.6. The zero-order valence-corrected chi connectivity index (χ0v) is 12.9. The van der Waals surface area contributed by atoms with E-state index in [2.05, 4.69) is 5.32 Å². The summed E-state index contributed by atoms with van der Waals surface area (Å²) in [6.07, 6.45) is 2.03. The molecule has 1 saturated heterocycles. The lowest BCUT2D eigenvalue weighted by atomic mass is 10.2. The highest BCUT2D eigenvalue weighted by Crippen LogP contribution is 2.21. The molecular weight excluding hydrogens is 316 g/mol. The van der Waals surface area contributed by atoms with E-state index in [0.29, 0.717) is 12.4 Å². The molecule has 0 radical (unpaired) electrons. The molecule has 2 aromatic carbocycles. The lowest BCUT2D eigenvalue weighted by Gasteiger charge is -2.12. The van der Waals surface area contributed by atoms with Crippen LogP contribution in [-0.2, 0) is 4.74 Å². The van der Waals surface area contributed by atoms with E-state index < -0.39 is 23.2 Å². The average Bonchev–Trinajstić information content (AvgIpc) is 3.10. The minimum atomic E-state index is -0.825. The summed E-state index contributed by atoms with van der Waals surface area (Å²) in [5, 5.41) is 2.25. The Labute approximate surface area is 138 Å². The fourth-order valence-corrected chi connectivity index (χ4v) is 2.50. The average molecular weight is 333 g/mol. The van der Waals surface area contributed by atoms with Gasteiger partial charge >= 0.3 is 0 Å². The first-order valence-corrected chi connectivity index (χ1v) is 7.73. The summed E-state index contributed by atoms with van der Waals surface area (Å²) < 4.78 is 38.3. The standard InChI is InChI=1S/C18H17F2NO3/c19-15-7-2-8-16(20)17(15)21-18(22)12-4-1-5-13(10-12)24-11-14-6-3-9-23-14/h1-2,4-5,7-8,10,14H,3,6,9,11H2,(H,21,22). The molecule has 1 unspecified atom stereocenters. The molecule has 0 spiro atoms. The Morgan fingerprint density at radius 1 is 1.21 bits per heavy atom. The van der Waals surface area contributed by atoms with Crippen molar-refractivity contribution in [3.63, 3.8) is 0 Å². The van der Waals surface area contributed by atoms with E-state index in [-0.39, 0.29) is 11.7 Å². The lowest BCUT2D eigenvalue weighted by Crippen LogP contribution is -2.17. The first kappa shape index (κ1) is 16.4. The van der Waals surface area contributed by atoms with Crippen molar-refractivity contribution in [2.45, 2.75) is 18.9 Å². The molecule has 4 nitrogen and oxygen atoms in total. The molecule has 24 heavy (non-hydrogen) atoms. The molecule has 0 bridgehead atoms. The Bertz CT molecular complexity index is 710. The van der Waals surface area contributed by atoms with E-state index in [0.717, 1.165) is 31.6 Å². The molecule has 0 aliphatic carbocycles. The number of carbonyl (C=O) groups is 1. The molecule has 1 heterocycles. The molecule has 6 heteroatoms. The van der Waals surface area contributed by atoms with Crippen molar-refractivity contribution in [1.29, 1.82) is 0 Å². The fraction of sp³-hybridized carbons (Fsp3) is 0.278. The maximum absolute atomic E-state index is 13.6. The van der Waals surface area contributed by atoms with Gasteiger partial charge in [0.2, 0.25) is 0 Å². The molecular formula is C18H17F2NO3. The van der Waals surface area contributed by atoms with Crippen LogP contribution in [0.15, 0.2) is 42.5 Å². The van der Waals surface area contributed by atoms with E-state index >= 15 is 0 Å². The van der Waals surface area contributed by atoms with Gasteiger partial charge in [-0.2, -0.15) is 0 Å². The van der Waals surface area contributed by atoms with E-state index in [9.17, 15) is 13.6 Å². The number of rotatable bonds is 5. The van der Waals surface area contributed by atoms with Gasteiger partial charge in [0, 0.05) is 12.2 Å². The highest BCUT2D eigenvalue weighted by molar-refractivity contribution is 6.04. The number of nitrogens with one attached hydrogen (secondary N) is 1. The molecule has 3 rings (SSSR count). The van der Waals surface area contributed by atoms with Crippen LogP contribution >= 0.6 is 0 Å². The Kier molecular flexibility index (Phi) is 5.05. The normalized spacial score (nSPS) is 16.8. The van der Waals surface area contributed by atoms with Crippen molar-refractivity contribution in [3.8, 4) is 5.75 Å². The molecule has 1 atom stereocenters.